The highest BCUT2D eigenvalue weighted by Crippen LogP contribution is 2.48. The van der Waals surface area contributed by atoms with E-state index in [0.29, 0.717) is 0 Å². The fourth-order valence-corrected chi connectivity index (χ4v) is 2.11. The lowest BCUT2D eigenvalue weighted by Crippen LogP contribution is -2.30. The second-order valence-electron chi connectivity index (χ2n) is 4.36. The molecule has 3 heteroatoms. The molecule has 0 spiro atoms. The van der Waals surface area contributed by atoms with E-state index in [1.165, 1.54) is 25.7 Å². The quantitative estimate of drug-likeness (QED) is 0.648. The molecule has 2 N–H and O–H groups in total. The number of aliphatic carboxylic acids is 1. The molecule has 2 rings (SSSR count). The Balaban J connectivity index is 1.67. The SMILES string of the molecule is O=C(O)CNCC(C1CC1)C1CC1. The first-order valence-corrected chi connectivity index (χ1v) is 5.20. The molecule has 0 atom stereocenters. The summed E-state index contributed by atoms with van der Waals surface area (Å²) in [6.45, 7) is 1.04. The van der Waals surface area contributed by atoms with Crippen molar-refractivity contribution in [3.05, 3.63) is 0 Å². The molecule has 0 aromatic heterocycles. The van der Waals surface area contributed by atoms with Gasteiger partial charge in [-0.25, -0.2) is 0 Å². The van der Waals surface area contributed by atoms with Gasteiger partial charge in [0.1, 0.15) is 0 Å². The average Bonchev–Trinajstić information content (AvgIpc) is 2.89. The van der Waals surface area contributed by atoms with Gasteiger partial charge in [0, 0.05) is 0 Å². The lowest BCUT2D eigenvalue weighted by atomic mass is 9.98. The molecule has 13 heavy (non-hydrogen) atoms. The van der Waals surface area contributed by atoms with Crippen LogP contribution >= 0.6 is 0 Å². The Hall–Kier alpha value is -0.570. The van der Waals surface area contributed by atoms with Crippen LogP contribution in [0.4, 0.5) is 0 Å². The van der Waals surface area contributed by atoms with E-state index in [4.69, 9.17) is 5.11 Å². The number of nitrogens with one attached hydrogen (secondary N) is 1. The minimum atomic E-state index is -0.745. The number of carboxylic acid groups (broad SMARTS) is 1. The van der Waals surface area contributed by atoms with Crippen molar-refractivity contribution in [3.63, 3.8) is 0 Å². The summed E-state index contributed by atoms with van der Waals surface area (Å²) in [7, 11) is 0. The van der Waals surface area contributed by atoms with Gasteiger partial charge >= 0.3 is 5.97 Å². The van der Waals surface area contributed by atoms with E-state index < -0.39 is 5.97 Å². The van der Waals surface area contributed by atoms with Gasteiger partial charge in [0.15, 0.2) is 0 Å². The molecule has 0 saturated heterocycles. The zero-order valence-corrected chi connectivity index (χ0v) is 7.83. The molecule has 0 heterocycles. The number of hydrogen-bond acceptors (Lipinski definition) is 2. The molecule has 2 fully saturated rings. The summed E-state index contributed by atoms with van der Waals surface area (Å²) < 4.78 is 0. The maximum absolute atomic E-state index is 10.3. The second kappa shape index (κ2) is 3.66. The van der Waals surface area contributed by atoms with Crippen molar-refractivity contribution in [2.75, 3.05) is 13.1 Å². The molecule has 2 saturated carbocycles. The third-order valence-corrected chi connectivity index (χ3v) is 3.11. The van der Waals surface area contributed by atoms with Crippen LogP contribution in [0.3, 0.4) is 0 Å². The van der Waals surface area contributed by atoms with Crippen LogP contribution in [0.2, 0.25) is 0 Å². The average molecular weight is 183 g/mol. The van der Waals surface area contributed by atoms with Crippen molar-refractivity contribution >= 4 is 5.97 Å². The first-order chi connectivity index (χ1) is 6.27. The molecule has 0 aromatic carbocycles. The van der Waals surface area contributed by atoms with Crippen LogP contribution in [0.25, 0.3) is 0 Å². The summed E-state index contributed by atoms with van der Waals surface area (Å²) in [6.07, 6.45) is 5.48. The zero-order valence-electron chi connectivity index (χ0n) is 7.83. The summed E-state index contributed by atoms with van der Waals surface area (Å²) in [5.41, 5.74) is 0. The number of hydrogen-bond donors (Lipinski definition) is 2. The first kappa shape index (κ1) is 9.00. The molecular formula is C10H17NO2. The molecule has 3 nitrogen and oxygen atoms in total. The van der Waals surface area contributed by atoms with Crippen LogP contribution in [0.5, 0.6) is 0 Å². The van der Waals surface area contributed by atoms with E-state index in [9.17, 15) is 4.79 Å². The minimum Gasteiger partial charge on any atom is -0.480 e. The van der Waals surface area contributed by atoms with Gasteiger partial charge in [-0.1, -0.05) is 0 Å². The van der Waals surface area contributed by atoms with Crippen LogP contribution < -0.4 is 5.32 Å². The van der Waals surface area contributed by atoms with Gasteiger partial charge in [0.05, 0.1) is 6.54 Å². The standard InChI is InChI=1S/C10H17NO2/c12-10(13)6-11-5-9(7-1-2-7)8-3-4-8/h7-9,11H,1-6H2,(H,12,13). The van der Waals surface area contributed by atoms with Gasteiger partial charge < -0.3 is 10.4 Å². The van der Waals surface area contributed by atoms with Crippen LogP contribution in [0.1, 0.15) is 25.7 Å². The van der Waals surface area contributed by atoms with Crippen LogP contribution in [0.15, 0.2) is 0 Å². The van der Waals surface area contributed by atoms with Gasteiger partial charge in [-0.2, -0.15) is 0 Å². The number of rotatable bonds is 6. The highest BCUT2D eigenvalue weighted by molar-refractivity contribution is 5.68. The van der Waals surface area contributed by atoms with Crippen molar-refractivity contribution in [3.8, 4) is 0 Å². The summed E-state index contributed by atoms with van der Waals surface area (Å²) in [5.74, 6) is 1.85. The monoisotopic (exact) mass is 183 g/mol. The van der Waals surface area contributed by atoms with Crippen molar-refractivity contribution in [2.24, 2.45) is 17.8 Å². The number of carbonyl (C=O) groups is 1. The molecule has 0 radical (unpaired) electrons. The van der Waals surface area contributed by atoms with Gasteiger partial charge in [-0.05, 0) is 50.0 Å². The Kier molecular flexibility index (Phi) is 2.54. The Labute approximate surface area is 78.5 Å². The van der Waals surface area contributed by atoms with Crippen LogP contribution in [-0.4, -0.2) is 24.2 Å². The molecule has 0 aromatic rings. The predicted molar refractivity (Wildman–Crippen MR) is 49.4 cm³/mol. The van der Waals surface area contributed by atoms with Gasteiger partial charge in [0.2, 0.25) is 0 Å². The zero-order chi connectivity index (χ0) is 9.26. The van der Waals surface area contributed by atoms with Gasteiger partial charge in [-0.15, -0.1) is 0 Å². The Morgan fingerprint density at radius 2 is 1.85 bits per heavy atom. The normalized spacial score (nSPS) is 22.2. The second-order valence-corrected chi connectivity index (χ2v) is 4.36. The van der Waals surface area contributed by atoms with E-state index in [2.05, 4.69) is 5.32 Å². The maximum Gasteiger partial charge on any atom is 0.317 e. The van der Waals surface area contributed by atoms with E-state index in [0.717, 1.165) is 24.3 Å². The number of carboxylic acids is 1. The lowest BCUT2D eigenvalue weighted by Gasteiger charge is -2.14. The smallest absolute Gasteiger partial charge is 0.317 e. The van der Waals surface area contributed by atoms with Gasteiger partial charge in [0.25, 0.3) is 0 Å². The van der Waals surface area contributed by atoms with Crippen molar-refractivity contribution in [2.45, 2.75) is 25.7 Å². The largest absolute Gasteiger partial charge is 0.480 e. The third kappa shape index (κ3) is 2.69. The summed E-state index contributed by atoms with van der Waals surface area (Å²) in [6, 6.07) is 0. The summed E-state index contributed by atoms with van der Waals surface area (Å²) in [4.78, 5) is 10.3. The fraction of sp³-hybridized carbons (Fsp3) is 0.900. The Morgan fingerprint density at radius 1 is 1.31 bits per heavy atom. The predicted octanol–water partition coefficient (Wildman–Crippen LogP) is 1.10. The third-order valence-electron chi connectivity index (χ3n) is 3.11. The van der Waals surface area contributed by atoms with E-state index in [1.54, 1.807) is 0 Å². The topological polar surface area (TPSA) is 49.3 Å². The maximum atomic E-state index is 10.3. The highest BCUT2D eigenvalue weighted by atomic mass is 16.4. The summed E-state index contributed by atoms with van der Waals surface area (Å²) >= 11 is 0. The molecule has 0 unspecified atom stereocenters. The molecule has 0 bridgehead atoms. The molecule has 0 aliphatic heterocycles. The molecule has 2 aliphatic rings. The minimum absolute atomic E-state index is 0.121. The van der Waals surface area contributed by atoms with E-state index in [1.807, 2.05) is 0 Å². The van der Waals surface area contributed by atoms with Crippen molar-refractivity contribution < 1.29 is 9.90 Å². The molecule has 2 aliphatic carbocycles. The van der Waals surface area contributed by atoms with E-state index in [-0.39, 0.29) is 6.54 Å². The first-order valence-electron chi connectivity index (χ1n) is 5.20. The fourth-order valence-electron chi connectivity index (χ4n) is 2.11. The molecular weight excluding hydrogens is 166 g/mol. The van der Waals surface area contributed by atoms with Crippen LogP contribution in [0, 0.1) is 17.8 Å². The Bertz CT molecular complexity index is 185. The van der Waals surface area contributed by atoms with Crippen molar-refractivity contribution in [1.29, 1.82) is 0 Å². The van der Waals surface area contributed by atoms with Crippen molar-refractivity contribution in [1.82, 2.24) is 5.32 Å². The summed E-state index contributed by atoms with van der Waals surface area (Å²) in [5, 5.41) is 11.5. The van der Waals surface area contributed by atoms with E-state index >= 15 is 0 Å². The van der Waals surface area contributed by atoms with Crippen LogP contribution in [-0.2, 0) is 4.79 Å². The molecule has 0 amide bonds. The van der Waals surface area contributed by atoms with Gasteiger partial charge in [-0.3, -0.25) is 4.79 Å². The highest BCUT2D eigenvalue weighted by Gasteiger charge is 2.40. The lowest BCUT2D eigenvalue weighted by molar-refractivity contribution is -0.136. The Morgan fingerprint density at radius 3 is 2.23 bits per heavy atom. The molecule has 74 valence electrons.